The normalized spacial score (nSPS) is 15.2. The van der Waals surface area contributed by atoms with Crippen LogP contribution in [0.25, 0.3) is 0 Å². The fourth-order valence-corrected chi connectivity index (χ4v) is 2.99. The van der Waals surface area contributed by atoms with Gasteiger partial charge in [-0.05, 0) is 31.9 Å². The average Bonchev–Trinajstić information content (AvgIpc) is 2.74. The van der Waals surface area contributed by atoms with E-state index in [1.807, 2.05) is 11.3 Å². The first-order valence-corrected chi connectivity index (χ1v) is 7.37. The lowest BCUT2D eigenvalue weighted by molar-refractivity contribution is 0.0990. The molecule has 17 heavy (non-hydrogen) atoms. The van der Waals surface area contributed by atoms with Crippen LogP contribution in [0.15, 0.2) is 12.1 Å². The second-order valence-corrected chi connectivity index (χ2v) is 6.04. The third-order valence-electron chi connectivity index (χ3n) is 3.41. The van der Waals surface area contributed by atoms with Crippen molar-refractivity contribution in [3.63, 3.8) is 0 Å². The molecule has 1 rings (SSSR count). The van der Waals surface area contributed by atoms with E-state index in [2.05, 4.69) is 45.1 Å². The van der Waals surface area contributed by atoms with Crippen LogP contribution in [-0.2, 0) is 0 Å². The van der Waals surface area contributed by atoms with E-state index in [0.717, 1.165) is 12.8 Å². The van der Waals surface area contributed by atoms with Gasteiger partial charge in [0.25, 0.3) is 0 Å². The van der Waals surface area contributed by atoms with E-state index >= 15 is 0 Å². The van der Waals surface area contributed by atoms with Gasteiger partial charge in [0.2, 0.25) is 0 Å². The molecule has 2 nitrogen and oxygen atoms in total. The zero-order chi connectivity index (χ0) is 12.8. The van der Waals surface area contributed by atoms with Crippen molar-refractivity contribution >= 4 is 11.3 Å². The third-order valence-corrected chi connectivity index (χ3v) is 4.60. The Hall–Kier alpha value is -0.380. The summed E-state index contributed by atoms with van der Waals surface area (Å²) in [5.74, 6) is 0.416. The van der Waals surface area contributed by atoms with E-state index in [1.54, 1.807) is 0 Å². The summed E-state index contributed by atoms with van der Waals surface area (Å²) < 4.78 is 0. The number of aliphatic hydroxyl groups is 1. The molecule has 2 unspecified atom stereocenters. The van der Waals surface area contributed by atoms with E-state index in [9.17, 15) is 5.11 Å². The number of aryl methyl sites for hydroxylation is 1. The van der Waals surface area contributed by atoms with E-state index in [1.165, 1.54) is 9.75 Å². The maximum Gasteiger partial charge on any atom is 0.0692 e. The zero-order valence-electron chi connectivity index (χ0n) is 11.4. The van der Waals surface area contributed by atoms with Gasteiger partial charge in [0.1, 0.15) is 0 Å². The topological polar surface area (TPSA) is 32.3 Å². The van der Waals surface area contributed by atoms with Crippen LogP contribution in [0.2, 0.25) is 0 Å². The number of thiophene rings is 1. The Morgan fingerprint density at radius 2 is 1.94 bits per heavy atom. The highest BCUT2D eigenvalue weighted by atomic mass is 32.1. The molecule has 0 aliphatic heterocycles. The Labute approximate surface area is 109 Å². The average molecular weight is 255 g/mol. The lowest BCUT2D eigenvalue weighted by atomic mass is 9.96. The van der Waals surface area contributed by atoms with Crippen molar-refractivity contribution in [1.82, 2.24) is 5.32 Å². The second kappa shape index (κ2) is 7.14. The van der Waals surface area contributed by atoms with E-state index in [0.29, 0.717) is 18.5 Å². The fourth-order valence-electron chi connectivity index (χ4n) is 2.08. The molecule has 0 aliphatic rings. The number of rotatable bonds is 7. The summed E-state index contributed by atoms with van der Waals surface area (Å²) in [7, 11) is 0. The van der Waals surface area contributed by atoms with Crippen LogP contribution in [0.1, 0.15) is 49.4 Å². The van der Waals surface area contributed by atoms with Gasteiger partial charge in [0.15, 0.2) is 0 Å². The monoisotopic (exact) mass is 255 g/mol. The number of aliphatic hydroxyl groups excluding tert-OH is 1. The van der Waals surface area contributed by atoms with Crippen LogP contribution in [0.3, 0.4) is 0 Å². The van der Waals surface area contributed by atoms with Crippen LogP contribution in [0, 0.1) is 12.8 Å². The molecular weight excluding hydrogens is 230 g/mol. The molecular formula is C14H25NOS. The Kier molecular flexibility index (Phi) is 6.17. The van der Waals surface area contributed by atoms with Gasteiger partial charge >= 0.3 is 0 Å². The lowest BCUT2D eigenvalue weighted by Crippen LogP contribution is -2.33. The summed E-state index contributed by atoms with van der Waals surface area (Å²) in [4.78, 5) is 2.69. The molecule has 0 aromatic carbocycles. The van der Waals surface area contributed by atoms with Crippen LogP contribution in [0.4, 0.5) is 0 Å². The molecule has 0 spiro atoms. The fraction of sp³-hybridized carbons (Fsp3) is 0.714. The molecule has 1 aromatic rings. The highest BCUT2D eigenvalue weighted by molar-refractivity contribution is 7.12. The number of hydrogen-bond donors (Lipinski definition) is 2. The Morgan fingerprint density at radius 3 is 2.41 bits per heavy atom. The molecule has 3 heteroatoms. The van der Waals surface area contributed by atoms with Crippen LogP contribution < -0.4 is 5.32 Å². The van der Waals surface area contributed by atoms with Crippen molar-refractivity contribution in [1.29, 1.82) is 0 Å². The molecule has 0 radical (unpaired) electrons. The van der Waals surface area contributed by atoms with Gasteiger partial charge < -0.3 is 10.4 Å². The summed E-state index contributed by atoms with van der Waals surface area (Å²) >= 11 is 1.82. The predicted octanol–water partition coefficient (Wildman–Crippen LogP) is 3.50. The van der Waals surface area contributed by atoms with Gasteiger partial charge in [-0.3, -0.25) is 0 Å². The third kappa shape index (κ3) is 4.41. The van der Waals surface area contributed by atoms with Crippen LogP contribution in [-0.4, -0.2) is 17.8 Å². The molecule has 0 fully saturated rings. The van der Waals surface area contributed by atoms with Gasteiger partial charge in [0.05, 0.1) is 6.10 Å². The maximum absolute atomic E-state index is 10.1. The van der Waals surface area contributed by atoms with Gasteiger partial charge in [-0.2, -0.15) is 0 Å². The minimum Gasteiger partial charge on any atom is -0.392 e. The minimum atomic E-state index is -0.228. The van der Waals surface area contributed by atoms with Gasteiger partial charge in [-0.15, -0.1) is 11.3 Å². The van der Waals surface area contributed by atoms with E-state index in [-0.39, 0.29) is 6.10 Å². The van der Waals surface area contributed by atoms with Crippen molar-refractivity contribution in [2.75, 3.05) is 6.54 Å². The molecule has 98 valence electrons. The van der Waals surface area contributed by atoms with Gasteiger partial charge in [-0.1, -0.05) is 26.7 Å². The van der Waals surface area contributed by atoms with Crippen molar-refractivity contribution in [3.8, 4) is 0 Å². The van der Waals surface area contributed by atoms with Crippen molar-refractivity contribution in [2.45, 2.75) is 52.7 Å². The summed E-state index contributed by atoms with van der Waals surface area (Å²) in [6.07, 6.45) is 1.87. The van der Waals surface area contributed by atoms with Gasteiger partial charge in [0, 0.05) is 22.3 Å². The zero-order valence-corrected chi connectivity index (χ0v) is 12.2. The number of hydrogen-bond acceptors (Lipinski definition) is 3. The molecule has 2 N–H and O–H groups in total. The SMILES string of the molecule is CCC(CC)C(O)CNC(C)c1ccc(C)s1. The van der Waals surface area contributed by atoms with Crippen LogP contribution in [0.5, 0.6) is 0 Å². The van der Waals surface area contributed by atoms with Crippen molar-refractivity contribution in [2.24, 2.45) is 5.92 Å². The summed E-state index contributed by atoms with van der Waals surface area (Å²) in [6.45, 7) is 9.25. The summed E-state index contributed by atoms with van der Waals surface area (Å²) in [5, 5.41) is 13.5. The first kappa shape index (κ1) is 14.7. The van der Waals surface area contributed by atoms with Gasteiger partial charge in [-0.25, -0.2) is 0 Å². The second-order valence-electron chi connectivity index (χ2n) is 4.72. The first-order valence-electron chi connectivity index (χ1n) is 6.56. The summed E-state index contributed by atoms with van der Waals surface area (Å²) in [5.41, 5.74) is 0. The smallest absolute Gasteiger partial charge is 0.0692 e. The molecule has 0 bridgehead atoms. The Morgan fingerprint density at radius 1 is 1.29 bits per heavy atom. The molecule has 0 aliphatic carbocycles. The maximum atomic E-state index is 10.1. The Bertz CT molecular complexity index is 320. The highest BCUT2D eigenvalue weighted by Crippen LogP contribution is 2.22. The summed E-state index contributed by atoms with van der Waals surface area (Å²) in [6, 6.07) is 4.65. The minimum absolute atomic E-state index is 0.228. The van der Waals surface area contributed by atoms with Crippen LogP contribution >= 0.6 is 11.3 Å². The lowest BCUT2D eigenvalue weighted by Gasteiger charge is -2.22. The first-order chi connectivity index (χ1) is 8.08. The Balaban J connectivity index is 2.40. The molecule has 0 saturated carbocycles. The molecule has 1 heterocycles. The van der Waals surface area contributed by atoms with E-state index in [4.69, 9.17) is 0 Å². The van der Waals surface area contributed by atoms with E-state index < -0.39 is 0 Å². The molecule has 0 amide bonds. The largest absolute Gasteiger partial charge is 0.392 e. The molecule has 1 aromatic heterocycles. The van der Waals surface area contributed by atoms with Crippen molar-refractivity contribution in [3.05, 3.63) is 21.9 Å². The molecule has 2 atom stereocenters. The highest BCUT2D eigenvalue weighted by Gasteiger charge is 2.16. The standard InChI is InChI=1S/C14H25NOS/c1-5-12(6-2)13(16)9-15-11(4)14-8-7-10(3)17-14/h7-8,11-13,15-16H,5-6,9H2,1-4H3. The predicted molar refractivity (Wildman–Crippen MR) is 75.6 cm³/mol. The molecule has 0 saturated heterocycles. The van der Waals surface area contributed by atoms with Crippen molar-refractivity contribution < 1.29 is 5.11 Å². The number of nitrogens with one attached hydrogen (secondary N) is 1. The quantitative estimate of drug-likeness (QED) is 0.781.